The molecule has 0 atom stereocenters. The molecule has 4 nitrogen and oxygen atoms in total. The van der Waals surface area contributed by atoms with Crippen LogP contribution in [-0.2, 0) is 14.6 Å². The first kappa shape index (κ1) is 15.8. The van der Waals surface area contributed by atoms with E-state index in [0.29, 0.717) is 18.5 Å². The second-order valence-corrected chi connectivity index (χ2v) is 7.49. The summed E-state index contributed by atoms with van der Waals surface area (Å²) >= 11 is 0. The van der Waals surface area contributed by atoms with Gasteiger partial charge in [-0.15, -0.1) is 13.2 Å². The fraction of sp³-hybridized carbons (Fsp3) is 0.267. The Morgan fingerprint density at radius 2 is 1.70 bits per heavy atom. The van der Waals surface area contributed by atoms with E-state index >= 15 is 0 Å². The van der Waals surface area contributed by atoms with Crippen molar-refractivity contribution in [2.45, 2.75) is 28.8 Å². The number of alkyl halides is 3. The molecule has 1 saturated carbocycles. The largest absolute Gasteiger partial charge is 0.573 e. The molecule has 1 fully saturated rings. The molecule has 2 aromatic rings. The number of ether oxygens (including phenoxy) is 1. The van der Waals surface area contributed by atoms with Crippen LogP contribution in [0.1, 0.15) is 18.5 Å². The molecule has 0 unspecified atom stereocenters. The van der Waals surface area contributed by atoms with Gasteiger partial charge in [0.2, 0.25) is 0 Å². The zero-order valence-electron chi connectivity index (χ0n) is 11.7. The lowest BCUT2D eigenvalue weighted by atomic mass is 10.2. The molecule has 23 heavy (non-hydrogen) atoms. The van der Waals surface area contributed by atoms with E-state index in [1.165, 1.54) is 6.20 Å². The average Bonchev–Trinajstić information content (AvgIpc) is 3.29. The normalized spacial score (nSPS) is 16.8. The van der Waals surface area contributed by atoms with E-state index in [0.717, 1.165) is 24.3 Å². The maximum absolute atomic E-state index is 12.8. The zero-order valence-corrected chi connectivity index (χ0v) is 12.6. The van der Waals surface area contributed by atoms with Crippen LogP contribution in [0.25, 0.3) is 0 Å². The van der Waals surface area contributed by atoms with Gasteiger partial charge < -0.3 is 4.74 Å². The Bertz CT molecular complexity index is 798. The summed E-state index contributed by atoms with van der Waals surface area (Å²) in [5.74, 6) is -0.459. The van der Waals surface area contributed by atoms with Gasteiger partial charge in [-0.05, 0) is 49.2 Å². The second kappa shape index (κ2) is 5.23. The molecule has 8 heteroatoms. The minimum Gasteiger partial charge on any atom is -0.406 e. The van der Waals surface area contributed by atoms with Crippen molar-refractivity contribution in [3.8, 4) is 5.75 Å². The van der Waals surface area contributed by atoms with Crippen molar-refractivity contribution in [3.63, 3.8) is 0 Å². The van der Waals surface area contributed by atoms with Gasteiger partial charge in [-0.2, -0.15) is 0 Å². The lowest BCUT2D eigenvalue weighted by Gasteiger charge is -2.16. The summed E-state index contributed by atoms with van der Waals surface area (Å²) in [7, 11) is -3.74. The van der Waals surface area contributed by atoms with Gasteiger partial charge in [0.1, 0.15) is 10.5 Å². The van der Waals surface area contributed by atoms with Gasteiger partial charge in [0.05, 0.1) is 10.6 Å². The van der Waals surface area contributed by atoms with Crippen LogP contribution in [0.3, 0.4) is 0 Å². The van der Waals surface area contributed by atoms with Gasteiger partial charge in [0, 0.05) is 6.20 Å². The summed E-state index contributed by atoms with van der Waals surface area (Å²) in [4.78, 5) is 4.07. The van der Waals surface area contributed by atoms with Gasteiger partial charge in [0.15, 0.2) is 9.84 Å². The number of hydrogen-bond donors (Lipinski definition) is 0. The predicted molar refractivity (Wildman–Crippen MR) is 75.5 cm³/mol. The SMILES string of the molecule is O=S(=O)(c1ccc(OC(F)(F)F)cc1)C1(c2ccccn2)CC1. The Balaban J connectivity index is 1.92. The summed E-state index contributed by atoms with van der Waals surface area (Å²) in [5, 5.41) is 0. The summed E-state index contributed by atoms with van der Waals surface area (Å²) in [6, 6.07) is 9.28. The molecule has 1 aliphatic rings. The molecule has 0 aliphatic heterocycles. The molecule has 0 spiro atoms. The first-order chi connectivity index (χ1) is 10.7. The lowest BCUT2D eigenvalue weighted by Crippen LogP contribution is -2.22. The molecule has 3 rings (SSSR count). The van der Waals surface area contributed by atoms with Crippen LogP contribution in [0.4, 0.5) is 13.2 Å². The van der Waals surface area contributed by atoms with Gasteiger partial charge in [-0.1, -0.05) is 6.07 Å². The molecule has 1 aromatic heterocycles. The van der Waals surface area contributed by atoms with Crippen molar-refractivity contribution in [2.75, 3.05) is 0 Å². The Hall–Kier alpha value is -2.09. The van der Waals surface area contributed by atoms with E-state index in [4.69, 9.17) is 0 Å². The molecule has 1 heterocycles. The molecule has 0 saturated heterocycles. The molecular weight excluding hydrogens is 331 g/mol. The van der Waals surface area contributed by atoms with Crippen LogP contribution in [-0.4, -0.2) is 19.8 Å². The van der Waals surface area contributed by atoms with Crippen molar-refractivity contribution < 1.29 is 26.3 Å². The Kier molecular flexibility index (Phi) is 3.59. The van der Waals surface area contributed by atoms with Gasteiger partial charge in [-0.25, -0.2) is 8.42 Å². The van der Waals surface area contributed by atoms with Gasteiger partial charge in [0.25, 0.3) is 0 Å². The fourth-order valence-electron chi connectivity index (χ4n) is 2.45. The van der Waals surface area contributed by atoms with Crippen LogP contribution in [0.2, 0.25) is 0 Å². The quantitative estimate of drug-likeness (QED) is 0.853. The maximum Gasteiger partial charge on any atom is 0.573 e. The molecule has 122 valence electrons. The zero-order chi connectivity index (χ0) is 16.7. The highest BCUT2D eigenvalue weighted by Gasteiger charge is 2.57. The molecule has 0 bridgehead atoms. The van der Waals surface area contributed by atoms with Crippen molar-refractivity contribution in [3.05, 3.63) is 54.4 Å². The number of benzene rings is 1. The fourth-order valence-corrected chi connectivity index (χ4v) is 4.44. The smallest absolute Gasteiger partial charge is 0.406 e. The molecule has 1 aromatic carbocycles. The van der Waals surface area contributed by atoms with Crippen LogP contribution in [0.5, 0.6) is 5.75 Å². The van der Waals surface area contributed by atoms with E-state index in [1.54, 1.807) is 18.2 Å². The van der Waals surface area contributed by atoms with E-state index < -0.39 is 26.7 Å². The number of nitrogens with zero attached hydrogens (tertiary/aromatic N) is 1. The predicted octanol–water partition coefficient (Wildman–Crippen LogP) is 3.44. The first-order valence-corrected chi connectivity index (χ1v) is 8.25. The first-order valence-electron chi connectivity index (χ1n) is 6.77. The lowest BCUT2D eigenvalue weighted by molar-refractivity contribution is -0.274. The van der Waals surface area contributed by atoms with E-state index in [1.807, 2.05) is 0 Å². The maximum atomic E-state index is 12.8. The van der Waals surface area contributed by atoms with Crippen LogP contribution < -0.4 is 4.74 Å². The summed E-state index contributed by atoms with van der Waals surface area (Å²) in [5.41, 5.74) is 0.454. The summed E-state index contributed by atoms with van der Waals surface area (Å²) in [6.07, 6.45) is -2.42. The summed E-state index contributed by atoms with van der Waals surface area (Å²) < 4.78 is 64.7. The average molecular weight is 343 g/mol. The molecular formula is C15H12F3NO3S. The van der Waals surface area contributed by atoms with Crippen LogP contribution >= 0.6 is 0 Å². The van der Waals surface area contributed by atoms with Gasteiger partial charge in [-0.3, -0.25) is 4.98 Å². The highest BCUT2D eigenvalue weighted by atomic mass is 32.2. The third kappa shape index (κ3) is 2.90. The van der Waals surface area contributed by atoms with Crippen molar-refractivity contribution in [1.82, 2.24) is 4.98 Å². The highest BCUT2D eigenvalue weighted by Crippen LogP contribution is 2.54. The number of halogens is 3. The van der Waals surface area contributed by atoms with Crippen molar-refractivity contribution >= 4 is 9.84 Å². The highest BCUT2D eigenvalue weighted by molar-refractivity contribution is 7.92. The molecule has 0 amide bonds. The molecule has 0 N–H and O–H groups in total. The number of hydrogen-bond acceptors (Lipinski definition) is 4. The number of aromatic nitrogens is 1. The Labute approximate surface area is 130 Å². The number of rotatable bonds is 4. The van der Waals surface area contributed by atoms with Crippen molar-refractivity contribution in [2.24, 2.45) is 0 Å². The number of sulfone groups is 1. The Morgan fingerprint density at radius 1 is 1.04 bits per heavy atom. The van der Waals surface area contributed by atoms with E-state index in [9.17, 15) is 21.6 Å². The molecule has 1 aliphatic carbocycles. The molecule has 0 radical (unpaired) electrons. The van der Waals surface area contributed by atoms with Crippen LogP contribution in [0.15, 0.2) is 53.6 Å². The van der Waals surface area contributed by atoms with Crippen LogP contribution in [0, 0.1) is 0 Å². The minimum absolute atomic E-state index is 0.0461. The Morgan fingerprint density at radius 3 is 2.17 bits per heavy atom. The minimum atomic E-state index is -4.81. The van der Waals surface area contributed by atoms with E-state index in [-0.39, 0.29) is 4.90 Å². The van der Waals surface area contributed by atoms with Gasteiger partial charge >= 0.3 is 6.36 Å². The standard InChI is InChI=1S/C15H12F3NO3S/c16-15(17,18)22-11-4-6-12(7-5-11)23(20,21)14(8-9-14)13-3-1-2-10-19-13/h1-7,10H,8-9H2. The second-order valence-electron chi connectivity index (χ2n) is 5.23. The third-order valence-corrected chi connectivity index (χ3v) is 6.26. The third-order valence-electron chi connectivity index (χ3n) is 3.72. The topological polar surface area (TPSA) is 56.3 Å². The monoisotopic (exact) mass is 343 g/mol. The number of pyridine rings is 1. The summed E-state index contributed by atoms with van der Waals surface area (Å²) in [6.45, 7) is 0. The van der Waals surface area contributed by atoms with Crippen molar-refractivity contribution in [1.29, 1.82) is 0 Å². The van der Waals surface area contributed by atoms with E-state index in [2.05, 4.69) is 9.72 Å².